The van der Waals surface area contributed by atoms with Crippen molar-refractivity contribution in [3.05, 3.63) is 40.8 Å². The second-order valence-corrected chi connectivity index (χ2v) is 6.15. The summed E-state index contributed by atoms with van der Waals surface area (Å²) in [4.78, 5) is 25.7. The highest BCUT2D eigenvalue weighted by Crippen LogP contribution is 2.21. The van der Waals surface area contributed by atoms with Crippen LogP contribution in [0.2, 0.25) is 0 Å². The van der Waals surface area contributed by atoms with E-state index in [2.05, 4.69) is 0 Å². The molecule has 1 heterocycles. The molecule has 0 bridgehead atoms. The molecule has 1 amide bonds. The zero-order valence-electron chi connectivity index (χ0n) is 14.2. The lowest BCUT2D eigenvalue weighted by Crippen LogP contribution is -2.47. The minimum Gasteiger partial charge on any atom is -0.481 e. The number of hydrogen-bond acceptors (Lipinski definition) is 4. The lowest BCUT2D eigenvalue weighted by atomic mass is 10.2. The number of fused-ring (bicyclic) bond motifs is 1. The highest BCUT2D eigenvalue weighted by molar-refractivity contribution is 5.82. The van der Waals surface area contributed by atoms with Crippen LogP contribution in [0.5, 0.6) is 5.75 Å². The van der Waals surface area contributed by atoms with Gasteiger partial charge in [0.1, 0.15) is 11.3 Å². The van der Waals surface area contributed by atoms with Crippen molar-refractivity contribution in [2.24, 2.45) is 0 Å². The first-order chi connectivity index (χ1) is 10.8. The molecule has 1 aromatic heterocycles. The summed E-state index contributed by atoms with van der Waals surface area (Å²) < 4.78 is 10.9. The highest BCUT2D eigenvalue weighted by Gasteiger charge is 2.26. The second kappa shape index (κ2) is 6.86. The summed E-state index contributed by atoms with van der Waals surface area (Å²) in [7, 11) is 0. The Morgan fingerprint density at radius 2 is 1.65 bits per heavy atom. The number of hydrogen-bond donors (Lipinski definition) is 0. The fourth-order valence-electron chi connectivity index (χ4n) is 2.68. The minimum atomic E-state index is -0.618. The van der Waals surface area contributed by atoms with E-state index in [-0.39, 0.29) is 18.0 Å². The van der Waals surface area contributed by atoms with Crippen LogP contribution in [0.4, 0.5) is 0 Å². The molecule has 0 aliphatic rings. The molecule has 5 nitrogen and oxygen atoms in total. The zero-order valence-corrected chi connectivity index (χ0v) is 14.2. The van der Waals surface area contributed by atoms with Crippen LogP contribution in [0.3, 0.4) is 0 Å². The van der Waals surface area contributed by atoms with Crippen LogP contribution in [0.15, 0.2) is 39.5 Å². The first-order valence-corrected chi connectivity index (χ1v) is 7.82. The highest BCUT2D eigenvalue weighted by atomic mass is 16.5. The molecule has 5 heteroatoms. The predicted octanol–water partition coefficient (Wildman–Crippen LogP) is 3.21. The van der Waals surface area contributed by atoms with Crippen molar-refractivity contribution in [2.45, 2.75) is 52.8 Å². The van der Waals surface area contributed by atoms with Crippen LogP contribution < -0.4 is 10.4 Å². The lowest BCUT2D eigenvalue weighted by Gasteiger charge is -2.33. The Labute approximate surface area is 135 Å². The maximum Gasteiger partial charge on any atom is 0.336 e. The standard InChI is InChI=1S/C18H23NO4/c1-11(2)19(12(3)4)18(21)13(5)22-15-8-6-14-7-9-17(20)23-16(14)10-15/h6-13H,1-5H3. The van der Waals surface area contributed by atoms with Crippen LogP contribution in [0.1, 0.15) is 34.6 Å². The Kier molecular flexibility index (Phi) is 5.08. The van der Waals surface area contributed by atoms with E-state index in [0.29, 0.717) is 11.3 Å². The van der Waals surface area contributed by atoms with Gasteiger partial charge in [0.2, 0.25) is 0 Å². The Hall–Kier alpha value is -2.30. The van der Waals surface area contributed by atoms with Crippen molar-refractivity contribution in [2.75, 3.05) is 0 Å². The summed E-state index contributed by atoms with van der Waals surface area (Å²) in [5.41, 5.74) is 0.0313. The van der Waals surface area contributed by atoms with E-state index in [1.807, 2.05) is 27.7 Å². The number of carbonyl (C=O) groups is 1. The van der Waals surface area contributed by atoms with Gasteiger partial charge in [-0.2, -0.15) is 0 Å². The van der Waals surface area contributed by atoms with Gasteiger partial charge in [0.15, 0.2) is 6.10 Å². The zero-order chi connectivity index (χ0) is 17.1. The van der Waals surface area contributed by atoms with Gasteiger partial charge in [0.05, 0.1) is 0 Å². The fraction of sp³-hybridized carbons (Fsp3) is 0.444. The number of benzene rings is 1. The van der Waals surface area contributed by atoms with Crippen LogP contribution in [0, 0.1) is 0 Å². The molecule has 1 aromatic carbocycles. The fourth-order valence-corrected chi connectivity index (χ4v) is 2.68. The smallest absolute Gasteiger partial charge is 0.336 e. The molecule has 0 spiro atoms. The number of carbonyl (C=O) groups excluding carboxylic acids is 1. The van der Waals surface area contributed by atoms with Gasteiger partial charge < -0.3 is 14.1 Å². The van der Waals surface area contributed by atoms with Crippen molar-refractivity contribution in [3.8, 4) is 5.75 Å². The van der Waals surface area contributed by atoms with Gasteiger partial charge in [-0.05, 0) is 52.8 Å². The molecule has 1 unspecified atom stereocenters. The quantitative estimate of drug-likeness (QED) is 0.795. The first-order valence-electron chi connectivity index (χ1n) is 7.82. The number of rotatable bonds is 5. The molecule has 124 valence electrons. The van der Waals surface area contributed by atoms with Crippen LogP contribution in [0.25, 0.3) is 11.0 Å². The number of nitrogens with zero attached hydrogens (tertiary/aromatic N) is 1. The molecular formula is C18H23NO4. The second-order valence-electron chi connectivity index (χ2n) is 6.15. The Morgan fingerprint density at radius 1 is 1.04 bits per heavy atom. The van der Waals surface area contributed by atoms with Gasteiger partial charge in [-0.1, -0.05) is 0 Å². The monoisotopic (exact) mass is 317 g/mol. The van der Waals surface area contributed by atoms with Crippen molar-refractivity contribution in [1.29, 1.82) is 0 Å². The van der Waals surface area contributed by atoms with E-state index in [1.165, 1.54) is 6.07 Å². The van der Waals surface area contributed by atoms with Crippen LogP contribution in [-0.4, -0.2) is 29.0 Å². The molecule has 0 radical (unpaired) electrons. The summed E-state index contributed by atoms with van der Waals surface area (Å²) in [6.45, 7) is 9.65. The largest absolute Gasteiger partial charge is 0.481 e. The Balaban J connectivity index is 2.20. The summed E-state index contributed by atoms with van der Waals surface area (Å²) >= 11 is 0. The summed E-state index contributed by atoms with van der Waals surface area (Å²) in [5, 5.41) is 0.807. The molecule has 23 heavy (non-hydrogen) atoms. The average molecular weight is 317 g/mol. The minimum absolute atomic E-state index is 0.0652. The van der Waals surface area contributed by atoms with Gasteiger partial charge in [-0.3, -0.25) is 4.79 Å². The topological polar surface area (TPSA) is 59.8 Å². The van der Waals surface area contributed by atoms with E-state index in [0.717, 1.165) is 5.39 Å². The van der Waals surface area contributed by atoms with Gasteiger partial charge in [-0.15, -0.1) is 0 Å². The third-order valence-corrected chi connectivity index (χ3v) is 3.62. The van der Waals surface area contributed by atoms with Crippen molar-refractivity contribution in [1.82, 2.24) is 4.90 Å². The Bertz CT molecular complexity index is 740. The van der Waals surface area contributed by atoms with E-state index in [4.69, 9.17) is 9.15 Å². The van der Waals surface area contributed by atoms with Gasteiger partial charge >= 0.3 is 5.63 Å². The SMILES string of the molecule is CC(Oc1ccc2ccc(=O)oc2c1)C(=O)N(C(C)C)C(C)C. The van der Waals surface area contributed by atoms with Gasteiger partial charge in [0, 0.05) is 29.6 Å². The molecule has 0 fully saturated rings. The van der Waals surface area contributed by atoms with Crippen molar-refractivity contribution < 1.29 is 13.9 Å². The molecule has 0 saturated heterocycles. The molecule has 2 aromatic rings. The molecule has 0 N–H and O–H groups in total. The molecule has 2 rings (SSSR count). The van der Waals surface area contributed by atoms with E-state index in [9.17, 15) is 9.59 Å². The lowest BCUT2D eigenvalue weighted by molar-refractivity contribution is -0.141. The summed E-state index contributed by atoms with van der Waals surface area (Å²) in [6.07, 6.45) is -0.618. The maximum absolute atomic E-state index is 12.6. The third kappa shape index (κ3) is 3.92. The number of ether oxygens (including phenoxy) is 1. The van der Waals surface area contributed by atoms with Crippen molar-refractivity contribution in [3.63, 3.8) is 0 Å². The Morgan fingerprint density at radius 3 is 2.26 bits per heavy atom. The average Bonchev–Trinajstić information content (AvgIpc) is 2.45. The van der Waals surface area contributed by atoms with E-state index >= 15 is 0 Å². The molecule has 1 atom stereocenters. The normalized spacial score (nSPS) is 12.7. The third-order valence-electron chi connectivity index (χ3n) is 3.62. The summed E-state index contributed by atoms with van der Waals surface area (Å²) in [6, 6.07) is 8.47. The molecular weight excluding hydrogens is 294 g/mol. The van der Waals surface area contributed by atoms with Gasteiger partial charge in [0.25, 0.3) is 5.91 Å². The summed E-state index contributed by atoms with van der Waals surface area (Å²) in [5.74, 6) is 0.435. The predicted molar refractivity (Wildman–Crippen MR) is 89.7 cm³/mol. The van der Waals surface area contributed by atoms with E-state index < -0.39 is 11.7 Å². The maximum atomic E-state index is 12.6. The van der Waals surface area contributed by atoms with Crippen LogP contribution in [-0.2, 0) is 4.79 Å². The molecule has 0 saturated carbocycles. The molecule has 0 aliphatic heterocycles. The van der Waals surface area contributed by atoms with Gasteiger partial charge in [-0.25, -0.2) is 4.79 Å². The number of amides is 1. The molecule has 0 aliphatic carbocycles. The first kappa shape index (κ1) is 17.1. The van der Waals surface area contributed by atoms with Crippen LogP contribution >= 0.6 is 0 Å². The van der Waals surface area contributed by atoms with E-state index in [1.54, 1.807) is 36.1 Å². The van der Waals surface area contributed by atoms with Crippen molar-refractivity contribution >= 4 is 16.9 Å².